The lowest BCUT2D eigenvalue weighted by molar-refractivity contribution is 0.327. The summed E-state index contributed by atoms with van der Waals surface area (Å²) in [5, 5.41) is 3.87. The van der Waals surface area contributed by atoms with Crippen LogP contribution in [-0.2, 0) is 5.21 Å². The third-order valence-corrected chi connectivity index (χ3v) is 7.20. The Hall–Kier alpha value is -3.00. The van der Waals surface area contributed by atoms with Crippen LogP contribution in [0.3, 0.4) is 0 Å². The maximum absolute atomic E-state index is 6.69. The van der Waals surface area contributed by atoms with Crippen LogP contribution in [0.25, 0.3) is 44.0 Å². The van der Waals surface area contributed by atoms with E-state index >= 15 is 0 Å². The number of hydrogen-bond donors (Lipinski definition) is 0. The molecule has 6 rings (SSSR count). The van der Waals surface area contributed by atoms with Crippen molar-refractivity contribution in [3.8, 4) is 11.3 Å². The summed E-state index contributed by atoms with van der Waals surface area (Å²) < 4.78 is 6.24. The molecular weight excluding hydrogens is 388 g/mol. The maximum Gasteiger partial charge on any atom is 0.136 e. The van der Waals surface area contributed by atoms with Crippen molar-refractivity contribution in [3.63, 3.8) is 0 Å². The Kier molecular flexibility index (Phi) is 4.64. The molecule has 0 amide bonds. The van der Waals surface area contributed by atoms with Crippen molar-refractivity contribution in [2.24, 2.45) is 5.92 Å². The first-order chi connectivity index (χ1) is 15.6. The van der Waals surface area contributed by atoms with Crippen LogP contribution in [-0.4, -0.2) is 20.7 Å². The van der Waals surface area contributed by atoms with E-state index in [9.17, 15) is 0 Å². The zero-order valence-electron chi connectivity index (χ0n) is 18.1. The van der Waals surface area contributed by atoms with Gasteiger partial charge in [0.2, 0.25) is 0 Å². The van der Waals surface area contributed by atoms with Gasteiger partial charge in [0, 0.05) is 22.5 Å². The van der Waals surface area contributed by atoms with E-state index < -0.39 is 5.21 Å². The largest absolute Gasteiger partial charge is 0.456 e. The van der Waals surface area contributed by atoms with Crippen molar-refractivity contribution in [1.82, 2.24) is 4.98 Å². The summed E-state index contributed by atoms with van der Waals surface area (Å²) in [6.07, 6.45) is 7.68. The highest BCUT2D eigenvalue weighted by atomic mass is 16.3. The minimum atomic E-state index is -0.833. The number of benzene rings is 3. The van der Waals surface area contributed by atoms with Gasteiger partial charge in [-0.3, -0.25) is 4.98 Å². The average molecular weight is 411 g/mol. The Morgan fingerprint density at radius 3 is 2.53 bits per heavy atom. The second-order valence-corrected chi connectivity index (χ2v) is 9.17. The summed E-state index contributed by atoms with van der Waals surface area (Å²) in [6, 6.07) is 22.9. The van der Waals surface area contributed by atoms with Crippen molar-refractivity contribution in [2.75, 3.05) is 0 Å². The normalized spacial score (nSPS) is 15.6. The molecule has 0 bridgehead atoms. The molecule has 4 radical (unpaired) electrons. The van der Waals surface area contributed by atoms with Crippen LogP contribution in [0.4, 0.5) is 0 Å². The topological polar surface area (TPSA) is 26.0 Å². The van der Waals surface area contributed by atoms with Crippen molar-refractivity contribution in [3.05, 3.63) is 78.5 Å². The summed E-state index contributed by atoms with van der Waals surface area (Å²) in [5.74, 6) is 0.303. The van der Waals surface area contributed by atoms with Crippen molar-refractivity contribution in [1.29, 1.82) is 0 Å². The molecule has 2 heterocycles. The van der Waals surface area contributed by atoms with Crippen LogP contribution in [0.1, 0.15) is 37.7 Å². The highest BCUT2D eigenvalue weighted by molar-refractivity contribution is 6.40. The van der Waals surface area contributed by atoms with Gasteiger partial charge in [-0.25, -0.2) is 0 Å². The lowest BCUT2D eigenvalue weighted by Crippen LogP contribution is -2.37. The van der Waals surface area contributed by atoms with Crippen LogP contribution < -0.4 is 0 Å². The summed E-state index contributed by atoms with van der Waals surface area (Å²) >= 11 is 0. The number of furan rings is 1. The van der Waals surface area contributed by atoms with E-state index in [0.29, 0.717) is 5.92 Å². The Balaban J connectivity index is 1.44. The molecule has 1 aliphatic rings. The van der Waals surface area contributed by atoms with E-state index in [1.54, 1.807) is 0 Å². The third kappa shape index (κ3) is 3.16. The highest BCUT2D eigenvalue weighted by Gasteiger charge is 2.31. The van der Waals surface area contributed by atoms with Gasteiger partial charge < -0.3 is 4.42 Å². The molecule has 0 atom stereocenters. The van der Waals surface area contributed by atoms with Crippen LogP contribution in [0.2, 0.25) is 0 Å². The molecule has 1 aliphatic carbocycles. The maximum atomic E-state index is 6.69. The summed E-state index contributed by atoms with van der Waals surface area (Å²) in [5.41, 5.74) is 4.58. The standard InChI is InChI=1S/C28H23B2NO/c29-28(30,20-7-2-1-3-8-20)21-14-15-31-24(17-21)19-10-12-23-26(16-19)32-25-13-11-18-6-4-5-9-22(18)27(23)25/h4-6,9-17,20H,1-3,7-8H2. The minimum Gasteiger partial charge on any atom is -0.456 e. The fourth-order valence-electron chi connectivity index (χ4n) is 5.38. The van der Waals surface area contributed by atoms with Crippen molar-refractivity contribution < 1.29 is 4.42 Å². The molecule has 3 aromatic carbocycles. The summed E-state index contributed by atoms with van der Waals surface area (Å²) in [4.78, 5) is 4.63. The van der Waals surface area contributed by atoms with Crippen LogP contribution in [0.15, 0.2) is 77.3 Å². The van der Waals surface area contributed by atoms with Gasteiger partial charge in [-0.2, -0.15) is 0 Å². The molecule has 0 aliphatic heterocycles. The number of hydrogen-bond acceptors (Lipinski definition) is 2. The first-order valence-corrected chi connectivity index (χ1v) is 11.5. The number of pyridine rings is 1. The van der Waals surface area contributed by atoms with E-state index in [4.69, 9.17) is 20.1 Å². The van der Waals surface area contributed by atoms with Gasteiger partial charge in [0.05, 0.1) is 21.4 Å². The zero-order chi connectivity index (χ0) is 21.7. The number of rotatable bonds is 3. The number of nitrogens with zero attached hydrogens (tertiary/aromatic N) is 1. The number of fused-ring (bicyclic) bond motifs is 5. The second-order valence-electron chi connectivity index (χ2n) is 9.17. The molecule has 1 fully saturated rings. The zero-order valence-corrected chi connectivity index (χ0v) is 18.1. The minimum absolute atomic E-state index is 0.303. The van der Waals surface area contributed by atoms with E-state index in [1.807, 2.05) is 18.3 Å². The molecule has 0 N–H and O–H groups in total. The van der Waals surface area contributed by atoms with Gasteiger partial charge in [0.25, 0.3) is 0 Å². The van der Waals surface area contributed by atoms with Gasteiger partial charge in [-0.1, -0.05) is 79.3 Å². The molecule has 0 saturated heterocycles. The van der Waals surface area contributed by atoms with Crippen LogP contribution >= 0.6 is 0 Å². The molecule has 2 aromatic heterocycles. The summed E-state index contributed by atoms with van der Waals surface area (Å²) in [7, 11) is 13.4. The highest BCUT2D eigenvalue weighted by Crippen LogP contribution is 2.39. The monoisotopic (exact) mass is 411 g/mol. The molecule has 5 aromatic rings. The molecule has 32 heavy (non-hydrogen) atoms. The predicted molar refractivity (Wildman–Crippen MR) is 134 cm³/mol. The van der Waals surface area contributed by atoms with Gasteiger partial charge in [-0.05, 0) is 47.0 Å². The Bertz CT molecular complexity index is 1450. The molecule has 4 heteroatoms. The van der Waals surface area contributed by atoms with E-state index in [1.165, 1.54) is 30.0 Å². The van der Waals surface area contributed by atoms with Crippen molar-refractivity contribution >= 4 is 48.4 Å². The fourth-order valence-corrected chi connectivity index (χ4v) is 5.38. The molecule has 1 saturated carbocycles. The Morgan fingerprint density at radius 2 is 1.66 bits per heavy atom. The number of aromatic nitrogens is 1. The average Bonchev–Trinajstić information content (AvgIpc) is 3.23. The third-order valence-electron chi connectivity index (χ3n) is 7.20. The van der Waals surface area contributed by atoms with Gasteiger partial charge in [0.1, 0.15) is 11.2 Å². The molecular formula is C28H23B2NO. The van der Waals surface area contributed by atoms with Crippen molar-refractivity contribution in [2.45, 2.75) is 37.3 Å². The molecule has 152 valence electrons. The Labute approximate surface area is 190 Å². The quantitative estimate of drug-likeness (QED) is 0.303. The summed E-state index contributed by atoms with van der Waals surface area (Å²) in [6.45, 7) is 0. The van der Waals surface area contributed by atoms with E-state index in [-0.39, 0.29) is 0 Å². The van der Waals surface area contributed by atoms with Gasteiger partial charge in [0.15, 0.2) is 0 Å². The van der Waals surface area contributed by atoms with Gasteiger partial charge >= 0.3 is 0 Å². The predicted octanol–water partition coefficient (Wildman–Crippen LogP) is 6.87. The van der Waals surface area contributed by atoms with Crippen LogP contribution in [0.5, 0.6) is 0 Å². The molecule has 0 unspecified atom stereocenters. The first-order valence-electron chi connectivity index (χ1n) is 11.5. The Morgan fingerprint density at radius 1 is 0.812 bits per heavy atom. The SMILES string of the molecule is [B]C([B])(c1ccnc(-c2ccc3c(c2)oc2ccc4ccccc4c23)c1)C1CCCCC1. The molecule has 0 spiro atoms. The smallest absolute Gasteiger partial charge is 0.136 e. The van der Waals surface area contributed by atoms with Crippen LogP contribution in [0, 0.1) is 5.92 Å². The first kappa shape index (κ1) is 19.7. The van der Waals surface area contributed by atoms with E-state index in [2.05, 4.69) is 59.6 Å². The fraction of sp³-hybridized carbons (Fsp3) is 0.250. The van der Waals surface area contributed by atoms with Gasteiger partial charge in [-0.15, -0.1) is 0 Å². The lowest BCUT2D eigenvalue weighted by atomic mass is 9.43. The second kappa shape index (κ2) is 7.55. The lowest BCUT2D eigenvalue weighted by Gasteiger charge is -2.38. The van der Waals surface area contributed by atoms with E-state index in [0.717, 1.165) is 51.6 Å². The molecule has 2 nitrogen and oxygen atoms in total.